The van der Waals surface area contributed by atoms with Gasteiger partial charge in [0.1, 0.15) is 12.2 Å². The average molecular weight is 278 g/mol. The summed E-state index contributed by atoms with van der Waals surface area (Å²) in [5, 5.41) is 22.5. The minimum absolute atomic E-state index is 0.0310. The van der Waals surface area contributed by atoms with Crippen molar-refractivity contribution in [1.82, 2.24) is 5.32 Å². The molecule has 1 amide bonds. The highest BCUT2D eigenvalue weighted by Gasteiger charge is 2.19. The first-order chi connectivity index (χ1) is 7.91. The number of aliphatic hydroxyl groups is 2. The lowest BCUT2D eigenvalue weighted by atomic mass is 10.0. The fraction of sp³-hybridized carbons (Fsp3) is 0.364. The fourth-order valence-electron chi connectivity index (χ4n) is 1.28. The van der Waals surface area contributed by atoms with Gasteiger partial charge in [-0.25, -0.2) is 0 Å². The van der Waals surface area contributed by atoms with Crippen LogP contribution in [-0.2, 0) is 4.79 Å². The minimum atomic E-state index is -1.13. The molecule has 0 fully saturated rings. The van der Waals surface area contributed by atoms with Crippen LogP contribution in [-0.4, -0.2) is 28.8 Å². The van der Waals surface area contributed by atoms with Gasteiger partial charge in [0.2, 0.25) is 5.91 Å². The van der Waals surface area contributed by atoms with Gasteiger partial charge in [-0.1, -0.05) is 29.3 Å². The number of nitrogens with one attached hydrogen (secondary N) is 1. The molecule has 0 saturated carbocycles. The van der Waals surface area contributed by atoms with Crippen molar-refractivity contribution in [3.63, 3.8) is 0 Å². The third-order valence-corrected chi connectivity index (χ3v) is 2.95. The van der Waals surface area contributed by atoms with E-state index in [4.69, 9.17) is 23.2 Å². The molecule has 4 nitrogen and oxygen atoms in total. The summed E-state index contributed by atoms with van der Waals surface area (Å²) in [7, 11) is 0. The summed E-state index contributed by atoms with van der Waals surface area (Å²) >= 11 is 11.5. The van der Waals surface area contributed by atoms with Gasteiger partial charge >= 0.3 is 0 Å². The van der Waals surface area contributed by atoms with Crippen LogP contribution in [0.3, 0.4) is 0 Å². The maximum atomic E-state index is 10.7. The van der Waals surface area contributed by atoms with Gasteiger partial charge in [-0.05, 0) is 17.7 Å². The van der Waals surface area contributed by atoms with Crippen molar-refractivity contribution in [2.75, 3.05) is 6.54 Å². The summed E-state index contributed by atoms with van der Waals surface area (Å²) in [6.45, 7) is 1.30. The topological polar surface area (TPSA) is 69.6 Å². The lowest BCUT2D eigenvalue weighted by Gasteiger charge is -2.18. The Kier molecular flexibility index (Phi) is 5.21. The molecule has 1 aromatic carbocycles. The molecular formula is C11H13Cl2NO3. The van der Waals surface area contributed by atoms with Crippen LogP contribution < -0.4 is 5.32 Å². The van der Waals surface area contributed by atoms with E-state index in [9.17, 15) is 15.0 Å². The normalized spacial score (nSPS) is 14.2. The van der Waals surface area contributed by atoms with Crippen LogP contribution in [0.2, 0.25) is 10.0 Å². The Morgan fingerprint density at radius 1 is 1.35 bits per heavy atom. The predicted molar refractivity (Wildman–Crippen MR) is 66.1 cm³/mol. The number of carbonyl (C=O) groups is 1. The molecule has 0 aliphatic heterocycles. The van der Waals surface area contributed by atoms with E-state index in [0.29, 0.717) is 15.6 Å². The van der Waals surface area contributed by atoms with Crippen LogP contribution in [0.1, 0.15) is 18.6 Å². The Labute approximate surface area is 109 Å². The van der Waals surface area contributed by atoms with Crippen LogP contribution in [0.15, 0.2) is 18.2 Å². The molecule has 0 bridgehead atoms. The fourth-order valence-corrected chi connectivity index (χ4v) is 1.58. The maximum absolute atomic E-state index is 10.7. The largest absolute Gasteiger partial charge is 0.388 e. The quantitative estimate of drug-likeness (QED) is 0.782. The Bertz CT molecular complexity index is 412. The van der Waals surface area contributed by atoms with Crippen molar-refractivity contribution in [3.05, 3.63) is 33.8 Å². The van der Waals surface area contributed by atoms with Gasteiger partial charge in [-0.15, -0.1) is 0 Å². The molecule has 2 atom stereocenters. The highest BCUT2D eigenvalue weighted by Crippen LogP contribution is 2.26. The number of hydrogen-bond acceptors (Lipinski definition) is 3. The molecule has 94 valence electrons. The zero-order valence-electron chi connectivity index (χ0n) is 9.15. The highest BCUT2D eigenvalue weighted by molar-refractivity contribution is 6.42. The molecule has 17 heavy (non-hydrogen) atoms. The summed E-state index contributed by atoms with van der Waals surface area (Å²) in [4.78, 5) is 10.7. The Hall–Kier alpha value is -0.810. The third-order valence-electron chi connectivity index (χ3n) is 2.21. The van der Waals surface area contributed by atoms with Crippen molar-refractivity contribution in [3.8, 4) is 0 Å². The lowest BCUT2D eigenvalue weighted by Crippen LogP contribution is -2.34. The van der Waals surface area contributed by atoms with Crippen LogP contribution in [0, 0.1) is 0 Å². The van der Waals surface area contributed by atoms with Crippen molar-refractivity contribution in [2.45, 2.75) is 19.1 Å². The highest BCUT2D eigenvalue weighted by atomic mass is 35.5. The molecule has 0 saturated heterocycles. The second kappa shape index (κ2) is 6.21. The van der Waals surface area contributed by atoms with Crippen molar-refractivity contribution < 1.29 is 15.0 Å². The van der Waals surface area contributed by atoms with E-state index in [0.717, 1.165) is 0 Å². The zero-order chi connectivity index (χ0) is 13.0. The number of aliphatic hydroxyl groups excluding tert-OH is 2. The average Bonchev–Trinajstić information content (AvgIpc) is 2.28. The van der Waals surface area contributed by atoms with E-state index in [1.165, 1.54) is 19.1 Å². The first kappa shape index (κ1) is 14.3. The number of benzene rings is 1. The molecule has 0 spiro atoms. The summed E-state index contributed by atoms with van der Waals surface area (Å²) in [6, 6.07) is 4.58. The van der Waals surface area contributed by atoms with E-state index in [-0.39, 0.29) is 12.5 Å². The predicted octanol–water partition coefficient (Wildman–Crippen LogP) is 1.52. The Balaban J connectivity index is 2.70. The van der Waals surface area contributed by atoms with E-state index in [1.54, 1.807) is 6.07 Å². The van der Waals surface area contributed by atoms with Gasteiger partial charge in [-0.3, -0.25) is 4.79 Å². The van der Waals surface area contributed by atoms with Crippen molar-refractivity contribution in [2.24, 2.45) is 0 Å². The summed E-state index contributed by atoms with van der Waals surface area (Å²) < 4.78 is 0. The molecule has 6 heteroatoms. The second-order valence-electron chi connectivity index (χ2n) is 3.62. The Morgan fingerprint density at radius 3 is 2.53 bits per heavy atom. The van der Waals surface area contributed by atoms with Gasteiger partial charge in [0.15, 0.2) is 0 Å². The first-order valence-electron chi connectivity index (χ1n) is 4.97. The number of hydrogen-bond donors (Lipinski definition) is 3. The zero-order valence-corrected chi connectivity index (χ0v) is 10.7. The molecule has 2 unspecified atom stereocenters. The monoisotopic (exact) mass is 277 g/mol. The Morgan fingerprint density at radius 2 is 2.00 bits per heavy atom. The van der Waals surface area contributed by atoms with Crippen LogP contribution in [0.5, 0.6) is 0 Å². The molecule has 0 radical (unpaired) electrons. The molecular weight excluding hydrogens is 265 g/mol. The molecule has 0 aliphatic carbocycles. The van der Waals surface area contributed by atoms with Crippen molar-refractivity contribution in [1.29, 1.82) is 0 Å². The van der Waals surface area contributed by atoms with E-state index in [1.807, 2.05) is 0 Å². The van der Waals surface area contributed by atoms with E-state index in [2.05, 4.69) is 5.32 Å². The number of halogens is 2. The summed E-state index contributed by atoms with van der Waals surface area (Å²) in [5.74, 6) is -0.273. The standard InChI is InChI=1S/C11H13Cl2NO3/c1-6(15)14-5-10(16)11(17)7-2-3-8(12)9(13)4-7/h2-4,10-11,16-17H,5H2,1H3,(H,14,15). The SMILES string of the molecule is CC(=O)NCC(O)C(O)c1ccc(Cl)c(Cl)c1. The third kappa shape index (κ3) is 4.16. The molecule has 0 heterocycles. The molecule has 0 aliphatic rings. The lowest BCUT2D eigenvalue weighted by molar-refractivity contribution is -0.119. The molecule has 1 aromatic rings. The van der Waals surface area contributed by atoms with Crippen LogP contribution in [0.25, 0.3) is 0 Å². The van der Waals surface area contributed by atoms with Gasteiger partial charge < -0.3 is 15.5 Å². The van der Waals surface area contributed by atoms with E-state index < -0.39 is 12.2 Å². The molecule has 3 N–H and O–H groups in total. The summed E-state index contributed by atoms with van der Waals surface area (Å²) in [5.41, 5.74) is 0.442. The number of rotatable bonds is 4. The van der Waals surface area contributed by atoms with Gasteiger partial charge in [0.25, 0.3) is 0 Å². The molecule has 0 aromatic heterocycles. The number of amides is 1. The van der Waals surface area contributed by atoms with Crippen molar-refractivity contribution >= 4 is 29.1 Å². The minimum Gasteiger partial charge on any atom is -0.388 e. The van der Waals surface area contributed by atoms with Gasteiger partial charge in [0, 0.05) is 13.5 Å². The first-order valence-corrected chi connectivity index (χ1v) is 5.73. The number of carbonyl (C=O) groups excluding carboxylic acids is 1. The smallest absolute Gasteiger partial charge is 0.216 e. The van der Waals surface area contributed by atoms with E-state index >= 15 is 0 Å². The van der Waals surface area contributed by atoms with Crippen LogP contribution in [0.4, 0.5) is 0 Å². The second-order valence-corrected chi connectivity index (χ2v) is 4.44. The van der Waals surface area contributed by atoms with Gasteiger partial charge in [-0.2, -0.15) is 0 Å². The van der Waals surface area contributed by atoms with Gasteiger partial charge in [0.05, 0.1) is 10.0 Å². The summed E-state index contributed by atoms with van der Waals surface area (Å²) in [6.07, 6.45) is -2.23. The maximum Gasteiger partial charge on any atom is 0.216 e. The molecule has 1 rings (SSSR count). The van der Waals surface area contributed by atoms with Crippen LogP contribution >= 0.6 is 23.2 Å².